The average Bonchev–Trinajstić information content (AvgIpc) is 2.60. The standard InChI is InChI=1S/C19H31N5O.HI/c1-3-14(2)23-19(21)22-11-15-6-4-7-16(10-15)12-24-9-5-8-17(13-24)18(20)25;/h4,6-7,10,14,17H,3,5,8-9,11-13H2,1-2H3,(H2,20,25)(H3,21,22,23);1H. The Labute approximate surface area is 173 Å². The topological polar surface area (TPSA) is 96.7 Å². The molecule has 0 aromatic heterocycles. The minimum absolute atomic E-state index is 0. The summed E-state index contributed by atoms with van der Waals surface area (Å²) in [6, 6.07) is 8.71. The summed E-state index contributed by atoms with van der Waals surface area (Å²) in [6.07, 6.45) is 2.94. The molecule has 5 N–H and O–H groups in total. The molecule has 2 rings (SSSR count). The second kappa shape index (κ2) is 11.4. The number of carbonyl (C=O) groups excluding carboxylic acids is 1. The molecule has 1 aliphatic heterocycles. The predicted octanol–water partition coefficient (Wildman–Crippen LogP) is 2.20. The van der Waals surface area contributed by atoms with Crippen molar-refractivity contribution in [2.75, 3.05) is 13.1 Å². The quantitative estimate of drug-likeness (QED) is 0.322. The van der Waals surface area contributed by atoms with Gasteiger partial charge in [-0.3, -0.25) is 9.69 Å². The fourth-order valence-corrected chi connectivity index (χ4v) is 3.09. The number of hydrogen-bond donors (Lipinski definition) is 3. The Hall–Kier alpha value is -1.35. The minimum Gasteiger partial charge on any atom is -0.370 e. The molecule has 0 spiro atoms. The smallest absolute Gasteiger partial charge is 0.221 e. The van der Waals surface area contributed by atoms with E-state index in [9.17, 15) is 4.79 Å². The van der Waals surface area contributed by atoms with Gasteiger partial charge < -0.3 is 16.8 Å². The van der Waals surface area contributed by atoms with Gasteiger partial charge in [-0.2, -0.15) is 0 Å². The van der Waals surface area contributed by atoms with Crippen LogP contribution in [0.1, 0.15) is 44.2 Å². The highest BCUT2D eigenvalue weighted by molar-refractivity contribution is 14.0. The summed E-state index contributed by atoms with van der Waals surface area (Å²) >= 11 is 0. The number of hydrogen-bond acceptors (Lipinski definition) is 3. The van der Waals surface area contributed by atoms with E-state index in [0.717, 1.165) is 44.5 Å². The van der Waals surface area contributed by atoms with E-state index in [2.05, 4.69) is 47.3 Å². The van der Waals surface area contributed by atoms with Gasteiger partial charge in [0.15, 0.2) is 5.96 Å². The lowest BCUT2D eigenvalue weighted by Crippen LogP contribution is -2.40. The molecule has 6 nitrogen and oxygen atoms in total. The number of halogens is 1. The average molecular weight is 473 g/mol. The fourth-order valence-electron chi connectivity index (χ4n) is 3.09. The van der Waals surface area contributed by atoms with Crippen LogP contribution in [0, 0.1) is 5.92 Å². The fraction of sp³-hybridized carbons (Fsp3) is 0.579. The van der Waals surface area contributed by atoms with Crippen LogP contribution in [-0.2, 0) is 17.9 Å². The maximum absolute atomic E-state index is 11.4. The van der Waals surface area contributed by atoms with E-state index < -0.39 is 0 Å². The number of carbonyl (C=O) groups is 1. The molecule has 0 aliphatic carbocycles. The van der Waals surface area contributed by atoms with Crippen molar-refractivity contribution in [1.29, 1.82) is 0 Å². The van der Waals surface area contributed by atoms with Gasteiger partial charge in [-0.15, -0.1) is 24.0 Å². The molecule has 26 heavy (non-hydrogen) atoms. The van der Waals surface area contributed by atoms with Crippen LogP contribution < -0.4 is 16.8 Å². The van der Waals surface area contributed by atoms with Crippen LogP contribution >= 0.6 is 24.0 Å². The van der Waals surface area contributed by atoms with Gasteiger partial charge in [0.2, 0.25) is 5.91 Å². The molecule has 1 aromatic carbocycles. The second-order valence-corrected chi connectivity index (χ2v) is 6.95. The van der Waals surface area contributed by atoms with Gasteiger partial charge >= 0.3 is 0 Å². The number of piperidine rings is 1. The summed E-state index contributed by atoms with van der Waals surface area (Å²) in [5.41, 5.74) is 13.7. The van der Waals surface area contributed by atoms with Gasteiger partial charge in [-0.1, -0.05) is 31.2 Å². The molecule has 1 saturated heterocycles. The minimum atomic E-state index is -0.183. The summed E-state index contributed by atoms with van der Waals surface area (Å²) < 4.78 is 0. The first-order valence-electron chi connectivity index (χ1n) is 9.14. The van der Waals surface area contributed by atoms with Crippen LogP contribution in [0.25, 0.3) is 0 Å². The molecule has 1 aromatic rings. The Morgan fingerprint density at radius 1 is 1.38 bits per heavy atom. The molecule has 0 bridgehead atoms. The van der Waals surface area contributed by atoms with Crippen molar-refractivity contribution in [3.63, 3.8) is 0 Å². The maximum atomic E-state index is 11.4. The molecule has 146 valence electrons. The SMILES string of the molecule is CCC(C)NC(N)=NCc1cccc(CN2CCCC(C(N)=O)C2)c1.I. The summed E-state index contributed by atoms with van der Waals surface area (Å²) in [7, 11) is 0. The van der Waals surface area contributed by atoms with Gasteiger partial charge in [0.05, 0.1) is 12.5 Å². The van der Waals surface area contributed by atoms with E-state index in [4.69, 9.17) is 11.5 Å². The van der Waals surface area contributed by atoms with Crippen molar-refractivity contribution >= 4 is 35.8 Å². The number of benzene rings is 1. The van der Waals surface area contributed by atoms with E-state index in [1.807, 2.05) is 6.07 Å². The highest BCUT2D eigenvalue weighted by atomic mass is 127. The third-order valence-corrected chi connectivity index (χ3v) is 4.74. The summed E-state index contributed by atoms with van der Waals surface area (Å²) in [5.74, 6) is 0.283. The van der Waals surface area contributed by atoms with Gasteiger partial charge in [0.25, 0.3) is 0 Å². The van der Waals surface area contributed by atoms with Crippen LogP contribution in [0.3, 0.4) is 0 Å². The Morgan fingerprint density at radius 2 is 2.12 bits per heavy atom. The van der Waals surface area contributed by atoms with E-state index in [1.165, 1.54) is 5.56 Å². The van der Waals surface area contributed by atoms with Crippen LogP contribution in [0.5, 0.6) is 0 Å². The summed E-state index contributed by atoms with van der Waals surface area (Å²) in [6.45, 7) is 7.36. The highest BCUT2D eigenvalue weighted by Crippen LogP contribution is 2.19. The first kappa shape index (κ1) is 22.7. The first-order chi connectivity index (χ1) is 12.0. The normalized spacial score (nSPS) is 19.5. The van der Waals surface area contributed by atoms with Crippen molar-refractivity contribution in [2.24, 2.45) is 22.4 Å². The molecular weight excluding hydrogens is 441 g/mol. The van der Waals surface area contributed by atoms with Crippen molar-refractivity contribution < 1.29 is 4.79 Å². The molecular formula is C19H32IN5O. The lowest BCUT2D eigenvalue weighted by Gasteiger charge is -2.31. The molecule has 7 heteroatoms. The molecule has 1 amide bonds. The highest BCUT2D eigenvalue weighted by Gasteiger charge is 2.23. The zero-order valence-electron chi connectivity index (χ0n) is 15.8. The number of nitrogens with two attached hydrogens (primary N) is 2. The molecule has 1 fully saturated rings. The Kier molecular flexibility index (Phi) is 9.93. The third kappa shape index (κ3) is 7.49. The van der Waals surface area contributed by atoms with Gasteiger partial charge in [-0.05, 0) is 43.9 Å². The van der Waals surface area contributed by atoms with Crippen LogP contribution in [-0.4, -0.2) is 35.9 Å². The zero-order chi connectivity index (χ0) is 18.2. The van der Waals surface area contributed by atoms with Gasteiger partial charge in [0, 0.05) is 19.1 Å². The second-order valence-electron chi connectivity index (χ2n) is 6.95. The lowest BCUT2D eigenvalue weighted by molar-refractivity contribution is -0.123. The van der Waals surface area contributed by atoms with E-state index >= 15 is 0 Å². The number of amides is 1. The Morgan fingerprint density at radius 3 is 2.81 bits per heavy atom. The number of guanidine groups is 1. The number of nitrogens with zero attached hydrogens (tertiary/aromatic N) is 2. The lowest BCUT2D eigenvalue weighted by atomic mass is 9.97. The van der Waals surface area contributed by atoms with Gasteiger partial charge in [-0.25, -0.2) is 4.99 Å². The monoisotopic (exact) mass is 473 g/mol. The largest absolute Gasteiger partial charge is 0.370 e. The van der Waals surface area contributed by atoms with Crippen molar-refractivity contribution in [3.05, 3.63) is 35.4 Å². The number of aliphatic imine (C=N–C) groups is 1. The van der Waals surface area contributed by atoms with Crippen molar-refractivity contribution in [3.8, 4) is 0 Å². The maximum Gasteiger partial charge on any atom is 0.221 e. The Balaban J connectivity index is 0.00000338. The number of likely N-dealkylation sites (tertiary alicyclic amines) is 1. The van der Waals surface area contributed by atoms with Crippen LogP contribution in [0.15, 0.2) is 29.3 Å². The van der Waals surface area contributed by atoms with E-state index in [0.29, 0.717) is 18.5 Å². The third-order valence-electron chi connectivity index (χ3n) is 4.74. The number of primary amides is 1. The summed E-state index contributed by atoms with van der Waals surface area (Å²) in [4.78, 5) is 18.1. The van der Waals surface area contributed by atoms with E-state index in [1.54, 1.807) is 0 Å². The summed E-state index contributed by atoms with van der Waals surface area (Å²) in [5, 5.41) is 3.17. The van der Waals surface area contributed by atoms with Gasteiger partial charge in [0.1, 0.15) is 0 Å². The number of nitrogens with one attached hydrogen (secondary N) is 1. The van der Waals surface area contributed by atoms with E-state index in [-0.39, 0.29) is 35.8 Å². The molecule has 0 saturated carbocycles. The first-order valence-corrected chi connectivity index (χ1v) is 9.14. The zero-order valence-corrected chi connectivity index (χ0v) is 18.1. The number of rotatable bonds is 7. The molecule has 0 radical (unpaired) electrons. The van der Waals surface area contributed by atoms with Crippen molar-refractivity contribution in [1.82, 2.24) is 10.2 Å². The molecule has 2 unspecified atom stereocenters. The van der Waals surface area contributed by atoms with Crippen LogP contribution in [0.2, 0.25) is 0 Å². The van der Waals surface area contributed by atoms with Crippen LogP contribution in [0.4, 0.5) is 0 Å². The predicted molar refractivity (Wildman–Crippen MR) is 117 cm³/mol. The Bertz CT molecular complexity index is 607. The molecule has 1 aliphatic rings. The molecule has 1 heterocycles. The van der Waals surface area contributed by atoms with Crippen molar-refractivity contribution in [2.45, 2.75) is 52.2 Å². The molecule has 2 atom stereocenters.